The molecule has 0 saturated carbocycles. The lowest BCUT2D eigenvalue weighted by Crippen LogP contribution is -2.18. The van der Waals surface area contributed by atoms with E-state index in [1.54, 1.807) is 12.1 Å². The van der Waals surface area contributed by atoms with Crippen LogP contribution in [-0.4, -0.2) is 24.1 Å². The molecule has 5 heteroatoms. The molecule has 1 atom stereocenters. The van der Waals surface area contributed by atoms with Crippen molar-refractivity contribution < 1.29 is 9.53 Å². The lowest BCUT2D eigenvalue weighted by Gasteiger charge is -2.16. The average molecular weight is 279 g/mol. The highest BCUT2D eigenvalue weighted by atomic mass is 16.5. The highest BCUT2D eigenvalue weighted by Crippen LogP contribution is 2.19. The van der Waals surface area contributed by atoms with E-state index in [4.69, 9.17) is 5.73 Å². The van der Waals surface area contributed by atoms with Gasteiger partial charge in [0.25, 0.3) is 0 Å². The van der Waals surface area contributed by atoms with E-state index in [-0.39, 0.29) is 11.7 Å². The molecular weight excluding hydrogens is 254 g/mol. The molecule has 0 amide bonds. The van der Waals surface area contributed by atoms with Crippen LogP contribution in [0.15, 0.2) is 12.1 Å². The van der Waals surface area contributed by atoms with Gasteiger partial charge in [0.2, 0.25) is 0 Å². The minimum atomic E-state index is -0.458. The van der Waals surface area contributed by atoms with Crippen LogP contribution >= 0.6 is 0 Å². The molecule has 0 aliphatic carbocycles. The summed E-state index contributed by atoms with van der Waals surface area (Å²) in [6.45, 7) is 6.53. The molecule has 112 valence electrons. The number of hydrogen-bond acceptors (Lipinski definition) is 5. The summed E-state index contributed by atoms with van der Waals surface area (Å²) in [5.41, 5.74) is 6.68. The van der Waals surface area contributed by atoms with Crippen molar-refractivity contribution in [2.24, 2.45) is 5.92 Å². The number of aromatic nitrogens is 1. The van der Waals surface area contributed by atoms with Gasteiger partial charge in [0, 0.05) is 6.04 Å². The van der Waals surface area contributed by atoms with Crippen LogP contribution in [0.2, 0.25) is 0 Å². The first-order valence-electron chi connectivity index (χ1n) is 7.05. The highest BCUT2D eigenvalue weighted by molar-refractivity contribution is 5.88. The molecule has 0 radical (unpaired) electrons. The van der Waals surface area contributed by atoms with Crippen molar-refractivity contribution in [2.75, 3.05) is 18.2 Å². The quantitative estimate of drug-likeness (QED) is 0.750. The Morgan fingerprint density at radius 1 is 1.35 bits per heavy atom. The third-order valence-electron chi connectivity index (χ3n) is 3.12. The Kier molecular flexibility index (Phi) is 6.28. The largest absolute Gasteiger partial charge is 0.464 e. The Bertz CT molecular complexity index is 447. The summed E-state index contributed by atoms with van der Waals surface area (Å²) in [5.74, 6) is 0.804. The van der Waals surface area contributed by atoms with E-state index < -0.39 is 5.97 Å². The van der Waals surface area contributed by atoms with Crippen LogP contribution in [-0.2, 0) is 4.74 Å². The van der Waals surface area contributed by atoms with Crippen molar-refractivity contribution >= 4 is 17.5 Å². The molecule has 0 fully saturated rings. The molecule has 1 heterocycles. The number of nitrogens with one attached hydrogen (secondary N) is 1. The van der Waals surface area contributed by atoms with E-state index >= 15 is 0 Å². The van der Waals surface area contributed by atoms with E-state index in [0.717, 1.165) is 12.8 Å². The van der Waals surface area contributed by atoms with Crippen LogP contribution in [0.4, 0.5) is 11.5 Å². The zero-order valence-electron chi connectivity index (χ0n) is 12.8. The Hall–Kier alpha value is -1.78. The molecule has 0 aliphatic rings. The van der Waals surface area contributed by atoms with Crippen LogP contribution in [0.25, 0.3) is 0 Å². The van der Waals surface area contributed by atoms with Crippen molar-refractivity contribution in [3.05, 3.63) is 17.8 Å². The number of nitrogens with two attached hydrogens (primary N) is 1. The fourth-order valence-electron chi connectivity index (χ4n) is 1.94. The van der Waals surface area contributed by atoms with Crippen molar-refractivity contribution in [3.8, 4) is 0 Å². The number of carbonyl (C=O) groups excluding carboxylic acids is 1. The third-order valence-corrected chi connectivity index (χ3v) is 3.12. The van der Waals surface area contributed by atoms with Gasteiger partial charge < -0.3 is 15.8 Å². The number of esters is 1. The van der Waals surface area contributed by atoms with Crippen molar-refractivity contribution in [1.29, 1.82) is 0 Å². The summed E-state index contributed by atoms with van der Waals surface area (Å²) >= 11 is 0. The lowest BCUT2D eigenvalue weighted by molar-refractivity contribution is 0.0594. The van der Waals surface area contributed by atoms with E-state index in [2.05, 4.69) is 35.8 Å². The normalized spacial score (nSPS) is 12.2. The van der Waals surface area contributed by atoms with E-state index in [9.17, 15) is 4.79 Å². The standard InChI is InChI=1S/C15H25N3O2/c1-10(2)6-5-7-11(3)17-14-12(16)8-9-13(18-14)15(19)20-4/h8-11H,5-7,16H2,1-4H3,(H,17,18). The van der Waals surface area contributed by atoms with Crippen molar-refractivity contribution in [1.82, 2.24) is 4.98 Å². The van der Waals surface area contributed by atoms with Gasteiger partial charge in [-0.2, -0.15) is 0 Å². The number of pyridine rings is 1. The van der Waals surface area contributed by atoms with Gasteiger partial charge in [0.05, 0.1) is 12.8 Å². The van der Waals surface area contributed by atoms with Gasteiger partial charge in [0.15, 0.2) is 5.69 Å². The minimum absolute atomic E-state index is 0.261. The first-order chi connectivity index (χ1) is 9.43. The molecule has 0 saturated heterocycles. The van der Waals surface area contributed by atoms with Crippen molar-refractivity contribution in [3.63, 3.8) is 0 Å². The van der Waals surface area contributed by atoms with Gasteiger partial charge in [-0.3, -0.25) is 0 Å². The second kappa shape index (κ2) is 7.72. The third kappa shape index (κ3) is 5.07. The number of hydrogen-bond donors (Lipinski definition) is 2. The van der Waals surface area contributed by atoms with Crippen LogP contribution in [0.5, 0.6) is 0 Å². The molecule has 20 heavy (non-hydrogen) atoms. The fraction of sp³-hybridized carbons (Fsp3) is 0.600. The van der Waals surface area contributed by atoms with Crippen molar-refractivity contribution in [2.45, 2.75) is 46.1 Å². The first kappa shape index (κ1) is 16.3. The topological polar surface area (TPSA) is 77.2 Å². The van der Waals surface area contributed by atoms with Crippen LogP contribution in [0.3, 0.4) is 0 Å². The van der Waals surface area contributed by atoms with Gasteiger partial charge in [-0.05, 0) is 31.4 Å². The number of methoxy groups -OCH3 is 1. The Balaban J connectivity index is 2.64. The Morgan fingerprint density at radius 3 is 2.65 bits per heavy atom. The van der Waals surface area contributed by atoms with Gasteiger partial charge in [-0.25, -0.2) is 9.78 Å². The van der Waals surface area contributed by atoms with Gasteiger partial charge >= 0.3 is 5.97 Å². The van der Waals surface area contributed by atoms with Gasteiger partial charge in [-0.15, -0.1) is 0 Å². The second-order valence-corrected chi connectivity index (χ2v) is 5.50. The van der Waals surface area contributed by atoms with Crippen LogP contribution < -0.4 is 11.1 Å². The Labute approximate surface area is 120 Å². The zero-order chi connectivity index (χ0) is 15.1. The second-order valence-electron chi connectivity index (χ2n) is 5.50. The number of rotatable bonds is 7. The minimum Gasteiger partial charge on any atom is -0.464 e. The van der Waals surface area contributed by atoms with E-state index in [0.29, 0.717) is 17.4 Å². The highest BCUT2D eigenvalue weighted by Gasteiger charge is 2.12. The Morgan fingerprint density at radius 2 is 2.05 bits per heavy atom. The maximum absolute atomic E-state index is 11.5. The van der Waals surface area contributed by atoms with E-state index in [1.165, 1.54) is 13.5 Å². The monoisotopic (exact) mass is 279 g/mol. The molecule has 1 aromatic heterocycles. The molecule has 0 spiro atoms. The molecule has 1 rings (SSSR count). The average Bonchev–Trinajstić information content (AvgIpc) is 2.40. The number of carbonyl (C=O) groups is 1. The van der Waals surface area contributed by atoms with Gasteiger partial charge in [0.1, 0.15) is 5.82 Å². The molecule has 0 aliphatic heterocycles. The molecule has 5 nitrogen and oxygen atoms in total. The van der Waals surface area contributed by atoms with Crippen LogP contribution in [0, 0.1) is 5.92 Å². The predicted molar refractivity (Wildman–Crippen MR) is 81.8 cm³/mol. The smallest absolute Gasteiger partial charge is 0.356 e. The maximum atomic E-state index is 11.5. The maximum Gasteiger partial charge on any atom is 0.356 e. The first-order valence-corrected chi connectivity index (χ1v) is 7.05. The molecule has 1 unspecified atom stereocenters. The molecular formula is C15H25N3O2. The zero-order valence-corrected chi connectivity index (χ0v) is 12.8. The number of nitrogens with zero attached hydrogens (tertiary/aromatic N) is 1. The molecule has 1 aromatic rings. The molecule has 0 bridgehead atoms. The SMILES string of the molecule is COC(=O)c1ccc(N)c(NC(C)CCCC(C)C)n1. The summed E-state index contributed by atoms with van der Waals surface area (Å²) < 4.78 is 4.66. The van der Waals surface area contributed by atoms with E-state index in [1.807, 2.05) is 0 Å². The summed E-state index contributed by atoms with van der Waals surface area (Å²) in [6.07, 6.45) is 3.40. The number of ether oxygens (including phenoxy) is 1. The van der Waals surface area contributed by atoms with Crippen LogP contribution in [0.1, 0.15) is 50.5 Å². The molecule has 0 aromatic carbocycles. The number of nitrogen functional groups attached to an aromatic ring is 1. The molecule has 3 N–H and O–H groups in total. The summed E-state index contributed by atoms with van der Waals surface area (Å²) in [5, 5.41) is 3.26. The summed E-state index contributed by atoms with van der Waals surface area (Å²) in [6, 6.07) is 3.49. The number of anilines is 2. The fourth-order valence-corrected chi connectivity index (χ4v) is 1.94. The lowest BCUT2D eigenvalue weighted by atomic mass is 10.0. The summed E-state index contributed by atoms with van der Waals surface area (Å²) in [4.78, 5) is 15.7. The van der Waals surface area contributed by atoms with Gasteiger partial charge in [-0.1, -0.05) is 26.7 Å². The predicted octanol–water partition coefficient (Wildman–Crippen LogP) is 3.08. The summed E-state index contributed by atoms with van der Waals surface area (Å²) in [7, 11) is 1.34.